The van der Waals surface area contributed by atoms with E-state index in [0.717, 1.165) is 44.9 Å². The monoisotopic (exact) mass is 385 g/mol. The van der Waals surface area contributed by atoms with E-state index in [4.69, 9.17) is 5.11 Å². The summed E-state index contributed by atoms with van der Waals surface area (Å²) in [5.41, 5.74) is 0. The zero-order valence-corrected chi connectivity index (χ0v) is 17.7. The Morgan fingerprint density at radius 3 is 1.54 bits per heavy atom. The number of amides is 1. The van der Waals surface area contributed by atoms with Gasteiger partial charge < -0.3 is 10.4 Å². The molecule has 156 valence electrons. The molecule has 0 rings (SSSR count). The highest BCUT2D eigenvalue weighted by atomic mass is 16.3. The highest BCUT2D eigenvalue weighted by molar-refractivity contribution is 5.76. The summed E-state index contributed by atoms with van der Waals surface area (Å²) in [6.45, 7) is 3.91. The molecule has 0 bridgehead atoms. The molecule has 0 heterocycles. The zero-order valence-electron chi connectivity index (χ0n) is 17.7. The van der Waals surface area contributed by atoms with Crippen LogP contribution in [0.3, 0.4) is 0 Å². The van der Waals surface area contributed by atoms with Gasteiger partial charge in [-0.3, -0.25) is 4.79 Å². The minimum absolute atomic E-state index is 0.0129. The SMILES string of the molecule is CC/C=C/C/C=C/C/C=C/C/C=C/C/C=C/C/C=C/CCC(=O)N[C@H](C)CO. The van der Waals surface area contributed by atoms with Crippen molar-refractivity contribution in [2.45, 2.75) is 71.3 Å². The van der Waals surface area contributed by atoms with Gasteiger partial charge in [-0.25, -0.2) is 0 Å². The molecule has 0 aliphatic heterocycles. The third-order valence-corrected chi connectivity index (χ3v) is 3.82. The molecular formula is C25H39NO2. The molecule has 0 aliphatic rings. The van der Waals surface area contributed by atoms with Gasteiger partial charge in [0.2, 0.25) is 5.91 Å². The van der Waals surface area contributed by atoms with Crippen molar-refractivity contribution in [2.24, 2.45) is 0 Å². The summed E-state index contributed by atoms with van der Waals surface area (Å²) in [5, 5.41) is 11.6. The molecule has 3 heteroatoms. The average molecular weight is 386 g/mol. The maximum absolute atomic E-state index is 11.5. The number of rotatable bonds is 16. The predicted molar refractivity (Wildman–Crippen MR) is 122 cm³/mol. The van der Waals surface area contributed by atoms with Gasteiger partial charge in [-0.1, -0.05) is 79.8 Å². The topological polar surface area (TPSA) is 49.3 Å². The Bertz CT molecular complexity index is 539. The summed E-state index contributed by atoms with van der Waals surface area (Å²) >= 11 is 0. The van der Waals surface area contributed by atoms with Crippen LogP contribution in [0.1, 0.15) is 65.2 Å². The van der Waals surface area contributed by atoms with Crippen LogP contribution in [0.15, 0.2) is 72.9 Å². The zero-order chi connectivity index (χ0) is 20.7. The molecule has 1 amide bonds. The highest BCUT2D eigenvalue weighted by Crippen LogP contribution is 1.98. The maximum atomic E-state index is 11.5. The lowest BCUT2D eigenvalue weighted by atomic mass is 10.2. The lowest BCUT2D eigenvalue weighted by Gasteiger charge is -2.09. The van der Waals surface area contributed by atoms with Crippen LogP contribution in [0.4, 0.5) is 0 Å². The van der Waals surface area contributed by atoms with E-state index >= 15 is 0 Å². The second-order valence-electron chi connectivity index (χ2n) is 6.60. The molecule has 3 nitrogen and oxygen atoms in total. The van der Waals surface area contributed by atoms with Crippen LogP contribution in [0.25, 0.3) is 0 Å². The molecule has 1 atom stereocenters. The number of nitrogens with one attached hydrogen (secondary N) is 1. The lowest BCUT2D eigenvalue weighted by Crippen LogP contribution is -2.34. The first-order valence-corrected chi connectivity index (χ1v) is 10.5. The summed E-state index contributed by atoms with van der Waals surface area (Å²) < 4.78 is 0. The van der Waals surface area contributed by atoms with E-state index < -0.39 is 0 Å². The Hall–Kier alpha value is -2.13. The van der Waals surface area contributed by atoms with Crippen LogP contribution in [0.2, 0.25) is 0 Å². The average Bonchev–Trinajstić information content (AvgIpc) is 2.69. The van der Waals surface area contributed by atoms with Gasteiger partial charge in [0, 0.05) is 12.5 Å². The van der Waals surface area contributed by atoms with Crippen molar-refractivity contribution in [3.8, 4) is 0 Å². The first-order valence-electron chi connectivity index (χ1n) is 10.5. The second kappa shape index (κ2) is 21.2. The number of aliphatic hydroxyl groups excluding tert-OH is 1. The molecule has 0 radical (unpaired) electrons. The fourth-order valence-corrected chi connectivity index (χ4v) is 2.25. The van der Waals surface area contributed by atoms with Crippen molar-refractivity contribution >= 4 is 5.91 Å². The van der Waals surface area contributed by atoms with E-state index in [1.807, 2.05) is 6.08 Å². The molecule has 0 fully saturated rings. The van der Waals surface area contributed by atoms with Gasteiger partial charge in [-0.15, -0.1) is 0 Å². The number of carbonyl (C=O) groups is 1. The van der Waals surface area contributed by atoms with Gasteiger partial charge in [0.25, 0.3) is 0 Å². The third-order valence-electron chi connectivity index (χ3n) is 3.82. The Kier molecular flexibility index (Phi) is 19.6. The highest BCUT2D eigenvalue weighted by Gasteiger charge is 2.03. The molecule has 0 aromatic carbocycles. The number of allylic oxidation sites excluding steroid dienone is 12. The van der Waals surface area contributed by atoms with Crippen LogP contribution in [0.5, 0.6) is 0 Å². The Morgan fingerprint density at radius 2 is 1.14 bits per heavy atom. The van der Waals surface area contributed by atoms with E-state index in [1.165, 1.54) is 0 Å². The Morgan fingerprint density at radius 1 is 0.750 bits per heavy atom. The van der Waals surface area contributed by atoms with E-state index in [2.05, 4.69) is 79.1 Å². The van der Waals surface area contributed by atoms with E-state index in [0.29, 0.717) is 6.42 Å². The summed E-state index contributed by atoms with van der Waals surface area (Å²) in [4.78, 5) is 11.5. The van der Waals surface area contributed by atoms with E-state index in [9.17, 15) is 4.79 Å². The van der Waals surface area contributed by atoms with Crippen molar-refractivity contribution < 1.29 is 9.90 Å². The van der Waals surface area contributed by atoms with E-state index in [-0.39, 0.29) is 18.6 Å². The third kappa shape index (κ3) is 20.2. The molecule has 0 aromatic heterocycles. The fourth-order valence-electron chi connectivity index (χ4n) is 2.25. The summed E-state index contributed by atoms with van der Waals surface area (Å²) in [6, 6.07) is -0.169. The molecule has 0 aliphatic carbocycles. The van der Waals surface area contributed by atoms with Crippen molar-refractivity contribution in [1.29, 1.82) is 0 Å². The predicted octanol–water partition coefficient (Wildman–Crippen LogP) is 5.96. The molecule has 2 N–H and O–H groups in total. The molecule has 0 spiro atoms. The minimum atomic E-state index is -0.169. The lowest BCUT2D eigenvalue weighted by molar-refractivity contribution is -0.121. The fraction of sp³-hybridized carbons (Fsp3) is 0.480. The normalized spacial score (nSPS) is 14.0. The van der Waals surface area contributed by atoms with Gasteiger partial charge in [0.15, 0.2) is 0 Å². The molecule has 0 saturated carbocycles. The standard InChI is InChI=1S/C25H39NO2/c1-3-4-5-6-7-8-9-10-11-12-13-14-15-16-17-18-19-20-21-22-25(28)26-24(2)23-27/h4-5,7-8,10-11,13-14,16-17,19-20,24,27H,3,6,9,12,15,18,21-23H2,1-2H3,(H,26,28)/b5-4+,8-7+,11-10+,14-13+,17-16+,20-19+/t24-/m1/s1. The first kappa shape index (κ1) is 25.9. The summed E-state index contributed by atoms with van der Waals surface area (Å²) in [5.74, 6) is -0.0129. The molecular weight excluding hydrogens is 346 g/mol. The number of aliphatic hydroxyl groups is 1. The molecule has 0 unspecified atom stereocenters. The minimum Gasteiger partial charge on any atom is -0.394 e. The Labute approximate surface area is 172 Å². The van der Waals surface area contributed by atoms with Crippen molar-refractivity contribution in [1.82, 2.24) is 5.32 Å². The van der Waals surface area contributed by atoms with Gasteiger partial charge in [-0.05, 0) is 51.9 Å². The van der Waals surface area contributed by atoms with Crippen LogP contribution in [-0.2, 0) is 4.79 Å². The first-order chi connectivity index (χ1) is 13.7. The maximum Gasteiger partial charge on any atom is 0.220 e. The van der Waals surface area contributed by atoms with Crippen molar-refractivity contribution in [2.75, 3.05) is 6.61 Å². The van der Waals surface area contributed by atoms with Crippen LogP contribution in [0, 0.1) is 0 Å². The molecule has 0 aromatic rings. The van der Waals surface area contributed by atoms with Crippen LogP contribution >= 0.6 is 0 Å². The second-order valence-corrected chi connectivity index (χ2v) is 6.60. The molecule has 0 saturated heterocycles. The summed E-state index contributed by atoms with van der Waals surface area (Å²) in [6.07, 6.45) is 33.2. The molecule has 28 heavy (non-hydrogen) atoms. The Balaban J connectivity index is 3.59. The smallest absolute Gasteiger partial charge is 0.220 e. The van der Waals surface area contributed by atoms with Gasteiger partial charge in [-0.2, -0.15) is 0 Å². The van der Waals surface area contributed by atoms with E-state index in [1.54, 1.807) is 6.92 Å². The quantitative estimate of drug-likeness (QED) is 0.322. The van der Waals surface area contributed by atoms with Crippen molar-refractivity contribution in [3.05, 3.63) is 72.9 Å². The summed E-state index contributed by atoms with van der Waals surface area (Å²) in [7, 11) is 0. The van der Waals surface area contributed by atoms with Gasteiger partial charge in [0.1, 0.15) is 0 Å². The van der Waals surface area contributed by atoms with Crippen molar-refractivity contribution in [3.63, 3.8) is 0 Å². The number of hydrogen-bond donors (Lipinski definition) is 2. The largest absolute Gasteiger partial charge is 0.394 e. The van der Waals surface area contributed by atoms with Gasteiger partial charge in [0.05, 0.1) is 6.61 Å². The van der Waals surface area contributed by atoms with Gasteiger partial charge >= 0.3 is 0 Å². The van der Waals surface area contributed by atoms with Crippen LogP contribution < -0.4 is 5.32 Å². The number of carbonyl (C=O) groups excluding carboxylic acids is 1. The van der Waals surface area contributed by atoms with Crippen LogP contribution in [-0.4, -0.2) is 23.7 Å². The number of hydrogen-bond acceptors (Lipinski definition) is 2.